The minimum absolute atomic E-state index is 0.0461. The number of hydrogen-bond donors (Lipinski definition) is 3. The number of phenols is 1. The molecule has 2 aromatic carbocycles. The van der Waals surface area contributed by atoms with Gasteiger partial charge in [-0.05, 0) is 81.0 Å². The second-order valence-electron chi connectivity index (χ2n) is 9.51. The van der Waals surface area contributed by atoms with Crippen LogP contribution in [0.25, 0.3) is 21.9 Å². The minimum Gasteiger partial charge on any atom is -0.548 e. The van der Waals surface area contributed by atoms with E-state index in [1.54, 1.807) is 25.3 Å². The number of aliphatic carboxylic acids is 1. The number of hydrogen-bond acceptors (Lipinski definition) is 7. The number of carboxylic acids is 1. The highest BCUT2D eigenvalue weighted by Crippen LogP contribution is 2.33. The fourth-order valence-electron chi connectivity index (χ4n) is 5.03. The topological polar surface area (TPSA) is 145 Å². The summed E-state index contributed by atoms with van der Waals surface area (Å²) >= 11 is 0. The van der Waals surface area contributed by atoms with Gasteiger partial charge in [-0.1, -0.05) is 0 Å². The third-order valence-electron chi connectivity index (χ3n) is 7.04. The zero-order valence-electron chi connectivity index (χ0n) is 20.6. The normalized spacial score (nSPS) is 14.8. The summed E-state index contributed by atoms with van der Waals surface area (Å²) in [6.45, 7) is 3.27. The molecule has 0 saturated carbocycles. The third kappa shape index (κ3) is 4.64. The van der Waals surface area contributed by atoms with E-state index in [-0.39, 0.29) is 17.8 Å². The van der Waals surface area contributed by atoms with Crippen molar-refractivity contribution in [3.8, 4) is 11.5 Å². The molecule has 3 N–H and O–H groups in total. The molecule has 0 saturated heterocycles. The van der Waals surface area contributed by atoms with Crippen molar-refractivity contribution < 1.29 is 29.0 Å². The van der Waals surface area contributed by atoms with E-state index in [4.69, 9.17) is 9.15 Å². The predicted molar refractivity (Wildman–Crippen MR) is 135 cm³/mol. The maximum absolute atomic E-state index is 12.9. The SMILES string of the molecule is Cc1c(O[C@H](C)C(=O)N[C@@H](Cc2c[nH]c3ccc(O)cc23)C(=O)[O-])ccc2c3c(c(=O)oc12)CCCC3. The smallest absolute Gasteiger partial charge is 0.339 e. The molecule has 0 unspecified atom stereocenters. The molecule has 2 atom stereocenters. The van der Waals surface area contributed by atoms with E-state index in [9.17, 15) is 24.6 Å². The van der Waals surface area contributed by atoms with Gasteiger partial charge in [-0.25, -0.2) is 4.79 Å². The van der Waals surface area contributed by atoms with Crippen molar-refractivity contribution in [2.45, 2.75) is 58.1 Å². The summed E-state index contributed by atoms with van der Waals surface area (Å²) in [5.41, 5.74) is 3.78. The Morgan fingerprint density at radius 3 is 2.68 bits per heavy atom. The molecule has 1 aliphatic rings. The number of benzene rings is 2. The van der Waals surface area contributed by atoms with Crippen molar-refractivity contribution in [1.82, 2.24) is 10.3 Å². The number of aromatic amines is 1. The number of phenolic OH excluding ortho intramolecular Hbond substituents is 1. The number of H-pyrrole nitrogens is 1. The van der Waals surface area contributed by atoms with Crippen molar-refractivity contribution in [3.63, 3.8) is 0 Å². The van der Waals surface area contributed by atoms with Crippen molar-refractivity contribution in [2.24, 2.45) is 0 Å². The van der Waals surface area contributed by atoms with Gasteiger partial charge < -0.3 is 34.5 Å². The zero-order chi connectivity index (χ0) is 26.3. The number of carbonyl (C=O) groups is 2. The molecule has 9 nitrogen and oxygen atoms in total. The third-order valence-corrected chi connectivity index (χ3v) is 7.04. The number of aryl methyl sites for hydroxylation is 2. The first-order valence-electron chi connectivity index (χ1n) is 12.3. The Kier molecular flexibility index (Phi) is 6.37. The van der Waals surface area contributed by atoms with Crippen molar-refractivity contribution in [1.29, 1.82) is 0 Å². The lowest BCUT2D eigenvalue weighted by Gasteiger charge is -2.23. The van der Waals surface area contributed by atoms with E-state index >= 15 is 0 Å². The minimum atomic E-state index is -1.44. The molecule has 1 amide bonds. The van der Waals surface area contributed by atoms with Crippen molar-refractivity contribution in [2.75, 3.05) is 0 Å². The number of aromatic hydroxyl groups is 1. The number of carbonyl (C=O) groups excluding carboxylic acids is 2. The molecule has 0 aliphatic heterocycles. The largest absolute Gasteiger partial charge is 0.548 e. The number of carboxylic acid groups (broad SMARTS) is 1. The van der Waals surface area contributed by atoms with Crippen LogP contribution in [0.4, 0.5) is 0 Å². The number of ether oxygens (including phenoxy) is 1. The molecule has 0 radical (unpaired) electrons. The highest BCUT2D eigenvalue weighted by Gasteiger charge is 2.24. The molecular weight excluding hydrogens is 476 g/mol. The Morgan fingerprint density at radius 1 is 1.16 bits per heavy atom. The molecule has 37 heavy (non-hydrogen) atoms. The average molecular weight is 504 g/mol. The summed E-state index contributed by atoms with van der Waals surface area (Å²) in [6, 6.07) is 6.99. The highest BCUT2D eigenvalue weighted by molar-refractivity contribution is 5.89. The van der Waals surface area contributed by atoms with Crippen LogP contribution in [-0.2, 0) is 28.9 Å². The summed E-state index contributed by atoms with van der Waals surface area (Å²) in [4.78, 5) is 40.3. The quantitative estimate of drug-likeness (QED) is 0.329. The first kappa shape index (κ1) is 24.4. The van der Waals surface area contributed by atoms with Crippen LogP contribution in [0.5, 0.6) is 11.5 Å². The summed E-state index contributed by atoms with van der Waals surface area (Å²) in [5, 5.41) is 25.6. The number of amides is 1. The number of rotatable bonds is 7. The Morgan fingerprint density at radius 2 is 1.92 bits per heavy atom. The second kappa shape index (κ2) is 9.65. The van der Waals surface area contributed by atoms with Crippen LogP contribution in [0.1, 0.15) is 42.0 Å². The first-order valence-corrected chi connectivity index (χ1v) is 12.3. The van der Waals surface area contributed by atoms with E-state index in [2.05, 4.69) is 10.3 Å². The van der Waals surface area contributed by atoms with E-state index < -0.39 is 24.0 Å². The van der Waals surface area contributed by atoms with Crippen LogP contribution in [-0.4, -0.2) is 34.1 Å². The lowest BCUT2D eigenvalue weighted by atomic mass is 9.90. The van der Waals surface area contributed by atoms with Gasteiger partial charge in [-0.15, -0.1) is 0 Å². The molecule has 2 heterocycles. The summed E-state index contributed by atoms with van der Waals surface area (Å²) in [7, 11) is 0. The number of nitrogens with one attached hydrogen (secondary N) is 2. The van der Waals surface area contributed by atoms with Crippen LogP contribution < -0.4 is 20.8 Å². The van der Waals surface area contributed by atoms with Crippen LogP contribution >= 0.6 is 0 Å². The van der Waals surface area contributed by atoms with Crippen LogP contribution in [0, 0.1) is 6.92 Å². The predicted octanol–water partition coefficient (Wildman–Crippen LogP) is 2.41. The van der Waals surface area contributed by atoms with E-state index in [1.807, 2.05) is 6.07 Å². The molecule has 0 fully saturated rings. The Balaban J connectivity index is 1.34. The van der Waals surface area contributed by atoms with Gasteiger partial charge in [0.1, 0.15) is 17.1 Å². The van der Waals surface area contributed by atoms with Crippen LogP contribution in [0.3, 0.4) is 0 Å². The lowest BCUT2D eigenvalue weighted by Crippen LogP contribution is -2.52. The molecule has 4 aromatic rings. The highest BCUT2D eigenvalue weighted by atomic mass is 16.5. The van der Waals surface area contributed by atoms with Gasteiger partial charge in [0.15, 0.2) is 6.10 Å². The van der Waals surface area contributed by atoms with Crippen molar-refractivity contribution in [3.05, 3.63) is 69.2 Å². The van der Waals surface area contributed by atoms with Gasteiger partial charge in [0.2, 0.25) is 0 Å². The van der Waals surface area contributed by atoms with Gasteiger partial charge in [0.25, 0.3) is 5.91 Å². The van der Waals surface area contributed by atoms with Gasteiger partial charge in [-0.3, -0.25) is 4.79 Å². The monoisotopic (exact) mass is 503 g/mol. The first-order chi connectivity index (χ1) is 17.7. The molecular formula is C28H27N2O7-. The molecule has 2 aromatic heterocycles. The second-order valence-corrected chi connectivity index (χ2v) is 9.51. The fourth-order valence-corrected chi connectivity index (χ4v) is 5.03. The number of fused-ring (bicyclic) bond motifs is 4. The maximum atomic E-state index is 12.9. The summed E-state index contributed by atoms with van der Waals surface area (Å²) in [5.74, 6) is -1.66. The Hall–Kier alpha value is -4.27. The molecule has 0 bridgehead atoms. The van der Waals surface area contributed by atoms with Crippen LogP contribution in [0.2, 0.25) is 0 Å². The maximum Gasteiger partial charge on any atom is 0.339 e. The molecule has 9 heteroatoms. The van der Waals surface area contributed by atoms with E-state index in [1.165, 1.54) is 19.1 Å². The average Bonchev–Trinajstić information content (AvgIpc) is 3.27. The summed E-state index contributed by atoms with van der Waals surface area (Å²) in [6.07, 6.45) is 4.06. The molecule has 0 spiro atoms. The lowest BCUT2D eigenvalue weighted by molar-refractivity contribution is -0.308. The molecule has 192 valence electrons. The zero-order valence-corrected chi connectivity index (χ0v) is 20.6. The van der Waals surface area contributed by atoms with Gasteiger partial charge in [0, 0.05) is 40.0 Å². The van der Waals surface area contributed by atoms with Gasteiger partial charge in [-0.2, -0.15) is 0 Å². The van der Waals surface area contributed by atoms with Gasteiger partial charge >= 0.3 is 5.63 Å². The number of aromatic nitrogens is 1. The fraction of sp³-hybridized carbons (Fsp3) is 0.321. The summed E-state index contributed by atoms with van der Waals surface area (Å²) < 4.78 is 11.5. The molecule has 1 aliphatic carbocycles. The Bertz CT molecular complexity index is 1580. The van der Waals surface area contributed by atoms with E-state index in [0.29, 0.717) is 34.3 Å². The standard InChI is InChI=1S/C28H28N2O7/c1-14-24(10-8-19-18-5-3-4-6-20(18)28(35)37-25(14)19)36-15(2)26(32)30-23(27(33)34)11-16-13-29-22-9-7-17(31)12-21(16)22/h7-10,12-13,15,23,29,31H,3-6,11H2,1-2H3,(H,30,32)(H,33,34)/p-1/t15-,23+/m1/s1. The van der Waals surface area contributed by atoms with E-state index in [0.717, 1.165) is 41.3 Å². The Labute approximate surface area is 212 Å². The van der Waals surface area contributed by atoms with Crippen molar-refractivity contribution >= 4 is 33.7 Å². The van der Waals surface area contributed by atoms with Crippen LogP contribution in [0.15, 0.2) is 45.7 Å². The molecule has 5 rings (SSSR count). The van der Waals surface area contributed by atoms with Gasteiger partial charge in [0.05, 0.1) is 12.0 Å².